The molecule has 0 saturated carbocycles. The van der Waals surface area contributed by atoms with Gasteiger partial charge in [0.1, 0.15) is 5.54 Å². The van der Waals surface area contributed by atoms with Gasteiger partial charge in [0, 0.05) is 13.1 Å². The maximum Gasteiger partial charge on any atom is 0.241 e. The van der Waals surface area contributed by atoms with Crippen LogP contribution in [0.5, 0.6) is 0 Å². The SMILES string of the molecule is CC1(C)C(=O)NCCN1S(=O)(=O)Cc1ccccc1. The van der Waals surface area contributed by atoms with Crippen LogP contribution >= 0.6 is 0 Å². The van der Waals surface area contributed by atoms with Gasteiger partial charge < -0.3 is 5.32 Å². The van der Waals surface area contributed by atoms with Gasteiger partial charge in [-0.2, -0.15) is 4.31 Å². The lowest BCUT2D eigenvalue weighted by atomic mass is 10.0. The number of amides is 1. The molecule has 1 saturated heterocycles. The van der Waals surface area contributed by atoms with Crippen molar-refractivity contribution >= 4 is 15.9 Å². The summed E-state index contributed by atoms with van der Waals surface area (Å²) < 4.78 is 26.2. The Hall–Kier alpha value is -1.40. The Morgan fingerprint density at radius 1 is 1.26 bits per heavy atom. The van der Waals surface area contributed by atoms with Gasteiger partial charge in [-0.05, 0) is 19.4 Å². The minimum Gasteiger partial charge on any atom is -0.353 e. The average molecular weight is 282 g/mol. The highest BCUT2D eigenvalue weighted by molar-refractivity contribution is 7.88. The second kappa shape index (κ2) is 4.94. The Balaban J connectivity index is 2.27. The summed E-state index contributed by atoms with van der Waals surface area (Å²) in [5.74, 6) is -0.333. The molecule has 0 unspecified atom stereocenters. The van der Waals surface area contributed by atoms with Crippen molar-refractivity contribution in [1.82, 2.24) is 9.62 Å². The van der Waals surface area contributed by atoms with E-state index < -0.39 is 15.6 Å². The molecule has 0 radical (unpaired) electrons. The summed E-state index contributed by atoms with van der Waals surface area (Å²) in [6, 6.07) is 9.00. The predicted molar refractivity (Wildman–Crippen MR) is 72.9 cm³/mol. The van der Waals surface area contributed by atoms with Crippen LogP contribution in [-0.2, 0) is 20.6 Å². The summed E-state index contributed by atoms with van der Waals surface area (Å²) in [5, 5.41) is 2.69. The van der Waals surface area contributed by atoms with E-state index in [9.17, 15) is 13.2 Å². The van der Waals surface area contributed by atoms with Crippen LogP contribution in [0.3, 0.4) is 0 Å². The molecule has 19 heavy (non-hydrogen) atoms. The van der Waals surface area contributed by atoms with E-state index in [4.69, 9.17) is 0 Å². The van der Waals surface area contributed by atoms with E-state index in [1.807, 2.05) is 6.07 Å². The Morgan fingerprint density at radius 3 is 2.53 bits per heavy atom. The Bertz CT molecular complexity index is 567. The van der Waals surface area contributed by atoms with Gasteiger partial charge in [-0.15, -0.1) is 0 Å². The molecule has 6 heteroatoms. The normalized spacial score (nSPS) is 20.0. The molecule has 1 amide bonds. The van der Waals surface area contributed by atoms with Crippen LogP contribution in [0, 0.1) is 0 Å². The Labute approximate surface area is 113 Å². The quantitative estimate of drug-likeness (QED) is 0.888. The maximum absolute atomic E-state index is 12.5. The molecule has 0 aliphatic carbocycles. The van der Waals surface area contributed by atoms with E-state index in [0.717, 1.165) is 5.56 Å². The highest BCUT2D eigenvalue weighted by Crippen LogP contribution is 2.23. The molecule has 2 rings (SSSR count). The highest BCUT2D eigenvalue weighted by atomic mass is 32.2. The molecule has 1 N–H and O–H groups in total. The molecule has 1 aromatic rings. The molecule has 0 aromatic heterocycles. The van der Waals surface area contributed by atoms with Gasteiger partial charge in [-0.3, -0.25) is 4.79 Å². The molecule has 1 aromatic carbocycles. The van der Waals surface area contributed by atoms with Crippen molar-refractivity contribution in [3.05, 3.63) is 35.9 Å². The lowest BCUT2D eigenvalue weighted by molar-refractivity contribution is -0.131. The summed E-state index contributed by atoms with van der Waals surface area (Å²) in [6.07, 6.45) is 0. The van der Waals surface area contributed by atoms with Crippen LogP contribution < -0.4 is 5.32 Å². The number of sulfonamides is 1. The van der Waals surface area contributed by atoms with E-state index in [1.165, 1.54) is 4.31 Å². The summed E-state index contributed by atoms with van der Waals surface area (Å²) in [4.78, 5) is 11.8. The summed E-state index contributed by atoms with van der Waals surface area (Å²) >= 11 is 0. The number of nitrogens with one attached hydrogen (secondary N) is 1. The number of piperazine rings is 1. The molecule has 0 atom stereocenters. The fourth-order valence-corrected chi connectivity index (χ4v) is 4.15. The lowest BCUT2D eigenvalue weighted by Gasteiger charge is -2.39. The average Bonchev–Trinajstić information content (AvgIpc) is 2.33. The number of carbonyl (C=O) groups is 1. The molecule has 1 fully saturated rings. The number of hydrogen-bond acceptors (Lipinski definition) is 3. The van der Waals surface area contributed by atoms with Gasteiger partial charge in [-0.1, -0.05) is 30.3 Å². The first kappa shape index (κ1) is 14.0. The molecular weight excluding hydrogens is 264 g/mol. The van der Waals surface area contributed by atoms with Crippen molar-refractivity contribution in [3.8, 4) is 0 Å². The van der Waals surface area contributed by atoms with Gasteiger partial charge in [0.2, 0.25) is 15.9 Å². The molecule has 1 aliphatic heterocycles. The second-order valence-electron chi connectivity index (χ2n) is 5.13. The van der Waals surface area contributed by atoms with Crippen LogP contribution in [0.4, 0.5) is 0 Å². The number of carbonyl (C=O) groups excluding carboxylic acids is 1. The molecular formula is C13H18N2O3S. The summed E-state index contributed by atoms with van der Waals surface area (Å²) in [7, 11) is -3.50. The third-order valence-electron chi connectivity index (χ3n) is 3.31. The third-order valence-corrected chi connectivity index (χ3v) is 5.32. The smallest absolute Gasteiger partial charge is 0.241 e. The largest absolute Gasteiger partial charge is 0.353 e. The minimum absolute atomic E-state index is 0.0788. The van der Waals surface area contributed by atoms with Crippen molar-refractivity contribution in [2.24, 2.45) is 0 Å². The number of rotatable bonds is 3. The van der Waals surface area contributed by atoms with Crippen molar-refractivity contribution in [2.45, 2.75) is 25.1 Å². The first-order chi connectivity index (χ1) is 8.84. The minimum atomic E-state index is -3.50. The molecule has 1 aliphatic rings. The molecule has 5 nitrogen and oxygen atoms in total. The van der Waals surface area contributed by atoms with E-state index >= 15 is 0 Å². The maximum atomic E-state index is 12.5. The van der Waals surface area contributed by atoms with Crippen molar-refractivity contribution in [1.29, 1.82) is 0 Å². The zero-order valence-electron chi connectivity index (χ0n) is 11.1. The van der Waals surface area contributed by atoms with Gasteiger partial charge >= 0.3 is 0 Å². The lowest BCUT2D eigenvalue weighted by Crippen LogP contribution is -2.63. The molecule has 104 valence electrons. The van der Waals surface area contributed by atoms with Gasteiger partial charge in [0.25, 0.3) is 0 Å². The topological polar surface area (TPSA) is 66.5 Å². The first-order valence-electron chi connectivity index (χ1n) is 6.17. The predicted octanol–water partition coefficient (Wildman–Crippen LogP) is 0.727. The zero-order chi connectivity index (χ0) is 14.1. The van der Waals surface area contributed by atoms with Crippen LogP contribution in [0.15, 0.2) is 30.3 Å². The Kier molecular flexibility index (Phi) is 3.64. The summed E-state index contributed by atoms with van der Waals surface area (Å²) in [6.45, 7) is 3.93. The molecule has 0 spiro atoms. The molecule has 1 heterocycles. The fraction of sp³-hybridized carbons (Fsp3) is 0.462. The van der Waals surface area contributed by atoms with Crippen molar-refractivity contribution in [3.63, 3.8) is 0 Å². The zero-order valence-corrected chi connectivity index (χ0v) is 11.9. The number of benzene rings is 1. The van der Waals surface area contributed by atoms with Gasteiger partial charge in [-0.25, -0.2) is 8.42 Å². The van der Waals surface area contributed by atoms with Crippen molar-refractivity contribution in [2.75, 3.05) is 13.1 Å². The van der Waals surface area contributed by atoms with Gasteiger partial charge in [0.05, 0.1) is 5.75 Å². The highest BCUT2D eigenvalue weighted by Gasteiger charge is 2.44. The molecule has 0 bridgehead atoms. The third kappa shape index (κ3) is 2.79. The van der Waals surface area contributed by atoms with Crippen LogP contribution in [0.25, 0.3) is 0 Å². The van der Waals surface area contributed by atoms with Crippen molar-refractivity contribution < 1.29 is 13.2 Å². The van der Waals surface area contributed by atoms with Gasteiger partial charge in [0.15, 0.2) is 0 Å². The Morgan fingerprint density at radius 2 is 1.89 bits per heavy atom. The second-order valence-corrected chi connectivity index (χ2v) is 7.02. The van der Waals surface area contributed by atoms with Crippen LogP contribution in [-0.4, -0.2) is 37.3 Å². The number of nitrogens with zero attached hydrogens (tertiary/aromatic N) is 1. The standard InChI is InChI=1S/C13H18N2O3S/c1-13(2)12(16)14-8-9-15(13)19(17,18)10-11-6-4-3-5-7-11/h3-7H,8-10H2,1-2H3,(H,14,16). The van der Waals surface area contributed by atoms with Crippen LogP contribution in [0.1, 0.15) is 19.4 Å². The van der Waals surface area contributed by atoms with E-state index in [-0.39, 0.29) is 11.7 Å². The first-order valence-corrected chi connectivity index (χ1v) is 7.78. The summed E-state index contributed by atoms with van der Waals surface area (Å²) in [5.41, 5.74) is -0.310. The van der Waals surface area contributed by atoms with E-state index in [0.29, 0.717) is 13.1 Å². The fourth-order valence-electron chi connectivity index (χ4n) is 2.23. The van der Waals surface area contributed by atoms with E-state index in [1.54, 1.807) is 38.1 Å². The van der Waals surface area contributed by atoms with Crippen LogP contribution in [0.2, 0.25) is 0 Å². The van der Waals surface area contributed by atoms with E-state index in [2.05, 4.69) is 5.32 Å². The number of hydrogen-bond donors (Lipinski definition) is 1. The monoisotopic (exact) mass is 282 g/mol.